The van der Waals surface area contributed by atoms with Crippen LogP contribution in [0.2, 0.25) is 0 Å². The minimum atomic E-state index is -0.564. The molecule has 0 radical (unpaired) electrons. The summed E-state index contributed by atoms with van der Waals surface area (Å²) >= 11 is 0. The maximum absolute atomic E-state index is 12.2. The standard InChI is InChI=1S/C12H15N3O4/c1-3-7-18-12(17)15-6-4-5-14(15)11(16)10-8-9(2)19-13-10/h3,8H,1,4-7H2,2H3. The van der Waals surface area contributed by atoms with Gasteiger partial charge in [-0.1, -0.05) is 17.8 Å². The number of amides is 2. The molecule has 1 saturated heterocycles. The first-order valence-electron chi connectivity index (χ1n) is 5.93. The van der Waals surface area contributed by atoms with E-state index in [1.807, 2.05) is 0 Å². The summed E-state index contributed by atoms with van der Waals surface area (Å²) in [7, 11) is 0. The van der Waals surface area contributed by atoms with Crippen LogP contribution in [-0.2, 0) is 4.74 Å². The van der Waals surface area contributed by atoms with Gasteiger partial charge in [-0.05, 0) is 13.3 Å². The monoisotopic (exact) mass is 265 g/mol. The van der Waals surface area contributed by atoms with Gasteiger partial charge in [0.05, 0.1) is 0 Å². The van der Waals surface area contributed by atoms with Crippen LogP contribution in [0.5, 0.6) is 0 Å². The second-order valence-electron chi connectivity index (χ2n) is 4.09. The molecule has 7 heteroatoms. The summed E-state index contributed by atoms with van der Waals surface area (Å²) in [6.07, 6.45) is 1.61. The first-order valence-corrected chi connectivity index (χ1v) is 5.93. The second-order valence-corrected chi connectivity index (χ2v) is 4.09. The van der Waals surface area contributed by atoms with E-state index in [1.54, 1.807) is 6.92 Å². The first-order chi connectivity index (χ1) is 9.13. The van der Waals surface area contributed by atoms with Crippen LogP contribution in [0.4, 0.5) is 4.79 Å². The van der Waals surface area contributed by atoms with E-state index in [2.05, 4.69) is 11.7 Å². The lowest BCUT2D eigenvalue weighted by Gasteiger charge is -2.25. The van der Waals surface area contributed by atoms with E-state index < -0.39 is 6.09 Å². The molecule has 1 fully saturated rings. The fraction of sp³-hybridized carbons (Fsp3) is 0.417. The average molecular weight is 265 g/mol. The predicted octanol–water partition coefficient (Wildman–Crippen LogP) is 1.37. The Labute approximate surface area is 110 Å². The molecule has 0 unspecified atom stereocenters. The minimum absolute atomic E-state index is 0.112. The summed E-state index contributed by atoms with van der Waals surface area (Å²) in [6, 6.07) is 1.54. The highest BCUT2D eigenvalue weighted by atomic mass is 16.6. The van der Waals surface area contributed by atoms with Crippen molar-refractivity contribution in [2.45, 2.75) is 13.3 Å². The highest BCUT2D eigenvalue weighted by molar-refractivity contribution is 5.93. The quantitative estimate of drug-likeness (QED) is 0.771. The van der Waals surface area contributed by atoms with Crippen LogP contribution in [0.25, 0.3) is 0 Å². The molecule has 0 atom stereocenters. The molecule has 2 rings (SSSR count). The summed E-state index contributed by atoms with van der Waals surface area (Å²) in [4.78, 5) is 24.0. The van der Waals surface area contributed by atoms with Crippen molar-refractivity contribution in [3.63, 3.8) is 0 Å². The summed E-state index contributed by atoms with van der Waals surface area (Å²) < 4.78 is 9.79. The number of hydrogen-bond acceptors (Lipinski definition) is 5. The molecule has 2 amide bonds. The fourth-order valence-corrected chi connectivity index (χ4v) is 1.82. The topological polar surface area (TPSA) is 75.9 Å². The smallest absolute Gasteiger partial charge is 0.429 e. The van der Waals surface area contributed by atoms with Crippen LogP contribution in [0, 0.1) is 6.92 Å². The lowest BCUT2D eigenvalue weighted by Crippen LogP contribution is -2.45. The highest BCUT2D eigenvalue weighted by Gasteiger charge is 2.33. The van der Waals surface area contributed by atoms with Gasteiger partial charge in [-0.25, -0.2) is 14.8 Å². The van der Waals surface area contributed by atoms with Crippen molar-refractivity contribution in [1.82, 2.24) is 15.2 Å². The molecule has 0 aliphatic carbocycles. The molecular formula is C12H15N3O4. The number of nitrogens with zero attached hydrogens (tertiary/aromatic N) is 3. The molecule has 1 aliphatic heterocycles. The van der Waals surface area contributed by atoms with Crippen molar-refractivity contribution in [3.8, 4) is 0 Å². The van der Waals surface area contributed by atoms with Crippen LogP contribution in [0.1, 0.15) is 22.7 Å². The van der Waals surface area contributed by atoms with Gasteiger partial charge in [-0.3, -0.25) is 4.79 Å². The van der Waals surface area contributed by atoms with E-state index >= 15 is 0 Å². The molecule has 0 aromatic carbocycles. The van der Waals surface area contributed by atoms with Gasteiger partial charge in [0.25, 0.3) is 5.91 Å². The van der Waals surface area contributed by atoms with Gasteiger partial charge in [-0.2, -0.15) is 0 Å². The molecule has 2 heterocycles. The molecule has 0 spiro atoms. The van der Waals surface area contributed by atoms with E-state index in [4.69, 9.17) is 9.26 Å². The summed E-state index contributed by atoms with van der Waals surface area (Å²) in [5, 5.41) is 6.25. The fourth-order valence-electron chi connectivity index (χ4n) is 1.82. The molecule has 7 nitrogen and oxygen atoms in total. The normalized spacial score (nSPS) is 14.6. The van der Waals surface area contributed by atoms with E-state index in [-0.39, 0.29) is 18.2 Å². The summed E-state index contributed by atoms with van der Waals surface area (Å²) in [5.74, 6) is 0.174. The zero-order valence-electron chi connectivity index (χ0n) is 10.7. The lowest BCUT2D eigenvalue weighted by molar-refractivity contribution is 0.0154. The number of ether oxygens (including phenoxy) is 1. The zero-order valence-corrected chi connectivity index (χ0v) is 10.7. The van der Waals surface area contributed by atoms with Crippen LogP contribution < -0.4 is 0 Å². The predicted molar refractivity (Wildman–Crippen MR) is 65.1 cm³/mol. The number of aryl methyl sites for hydroxylation is 1. The third-order valence-electron chi connectivity index (χ3n) is 2.65. The molecule has 1 aliphatic rings. The SMILES string of the molecule is C=CCOC(=O)N1CCCN1C(=O)c1cc(C)on1. The zero-order chi connectivity index (χ0) is 13.8. The maximum Gasteiger partial charge on any atom is 0.429 e. The summed E-state index contributed by atoms with van der Waals surface area (Å²) in [6.45, 7) is 6.17. The maximum atomic E-state index is 12.2. The van der Waals surface area contributed by atoms with Gasteiger partial charge < -0.3 is 9.26 Å². The Hall–Kier alpha value is -2.31. The Bertz CT molecular complexity index is 497. The van der Waals surface area contributed by atoms with Gasteiger partial charge in [0.1, 0.15) is 12.4 Å². The van der Waals surface area contributed by atoms with Crippen molar-refractivity contribution in [2.24, 2.45) is 0 Å². The molecule has 1 aromatic rings. The number of hydrogen-bond donors (Lipinski definition) is 0. The van der Waals surface area contributed by atoms with Crippen molar-refractivity contribution in [1.29, 1.82) is 0 Å². The molecule has 19 heavy (non-hydrogen) atoms. The van der Waals surface area contributed by atoms with Crippen molar-refractivity contribution in [3.05, 3.63) is 30.2 Å². The van der Waals surface area contributed by atoms with Crippen molar-refractivity contribution >= 4 is 12.0 Å². The van der Waals surface area contributed by atoms with Gasteiger partial charge in [0, 0.05) is 19.2 Å². The average Bonchev–Trinajstić information content (AvgIpc) is 3.03. The van der Waals surface area contributed by atoms with Crippen LogP contribution in [-0.4, -0.2) is 46.9 Å². The van der Waals surface area contributed by atoms with Gasteiger partial charge in [0.15, 0.2) is 5.69 Å². The molecule has 0 saturated carbocycles. The molecule has 0 N–H and O–H groups in total. The van der Waals surface area contributed by atoms with Gasteiger partial charge in [-0.15, -0.1) is 0 Å². The van der Waals surface area contributed by atoms with Crippen LogP contribution in [0.15, 0.2) is 23.2 Å². The minimum Gasteiger partial charge on any atom is -0.444 e. The Morgan fingerprint density at radius 2 is 2.26 bits per heavy atom. The number of carbonyl (C=O) groups is 2. The molecular weight excluding hydrogens is 250 g/mol. The summed E-state index contributed by atoms with van der Waals surface area (Å²) in [5.41, 5.74) is 0.181. The van der Waals surface area contributed by atoms with Crippen molar-refractivity contribution in [2.75, 3.05) is 19.7 Å². The van der Waals surface area contributed by atoms with Gasteiger partial charge >= 0.3 is 6.09 Å². The number of hydrazine groups is 1. The largest absolute Gasteiger partial charge is 0.444 e. The molecule has 102 valence electrons. The molecule has 1 aromatic heterocycles. The highest BCUT2D eigenvalue weighted by Crippen LogP contribution is 2.16. The number of aromatic nitrogens is 1. The van der Waals surface area contributed by atoms with E-state index in [0.29, 0.717) is 25.3 Å². The Kier molecular flexibility index (Phi) is 3.84. The second kappa shape index (κ2) is 5.55. The third kappa shape index (κ3) is 2.75. The van der Waals surface area contributed by atoms with E-state index in [9.17, 15) is 9.59 Å². The van der Waals surface area contributed by atoms with Crippen molar-refractivity contribution < 1.29 is 18.8 Å². The molecule has 0 bridgehead atoms. The third-order valence-corrected chi connectivity index (χ3v) is 2.65. The van der Waals surface area contributed by atoms with E-state index in [0.717, 1.165) is 0 Å². The number of carbonyl (C=O) groups excluding carboxylic acids is 2. The Morgan fingerprint density at radius 1 is 1.53 bits per heavy atom. The Morgan fingerprint density at radius 3 is 2.89 bits per heavy atom. The van der Waals surface area contributed by atoms with Crippen LogP contribution in [0.3, 0.4) is 0 Å². The Balaban J connectivity index is 2.08. The first kappa shape index (κ1) is 13.1. The lowest BCUT2D eigenvalue weighted by atomic mass is 10.3. The van der Waals surface area contributed by atoms with Crippen LogP contribution >= 0.6 is 0 Å². The van der Waals surface area contributed by atoms with Gasteiger partial charge in [0.2, 0.25) is 0 Å². The van der Waals surface area contributed by atoms with E-state index in [1.165, 1.54) is 22.2 Å². The number of rotatable bonds is 3.